The highest BCUT2D eigenvalue weighted by Gasteiger charge is 2.31. The van der Waals surface area contributed by atoms with Gasteiger partial charge < -0.3 is 10.6 Å². The molecule has 0 radical (unpaired) electrons. The minimum Gasteiger partial charge on any atom is -0.338 e. The number of anilines is 1. The summed E-state index contributed by atoms with van der Waals surface area (Å²) in [4.78, 5) is 13.4. The van der Waals surface area contributed by atoms with Gasteiger partial charge >= 0.3 is 0 Å². The Balaban J connectivity index is 1.58. The summed E-state index contributed by atoms with van der Waals surface area (Å²) in [7, 11) is 0. The Morgan fingerprint density at radius 2 is 1.78 bits per heavy atom. The van der Waals surface area contributed by atoms with Gasteiger partial charge in [-0.15, -0.1) is 0 Å². The van der Waals surface area contributed by atoms with Crippen LogP contribution in [0.1, 0.15) is 19.3 Å². The van der Waals surface area contributed by atoms with Gasteiger partial charge in [-0.1, -0.05) is 6.42 Å². The van der Waals surface area contributed by atoms with Gasteiger partial charge in [0, 0.05) is 50.7 Å². The fourth-order valence-electron chi connectivity index (χ4n) is 3.13. The second kappa shape index (κ2) is 5.20. The van der Waals surface area contributed by atoms with Crippen molar-refractivity contribution in [3.8, 4) is 0 Å². The number of nitrogens with two attached hydrogens (primary N) is 1. The molecule has 2 atom stereocenters. The number of aromatic nitrogens is 2. The molecule has 18 heavy (non-hydrogen) atoms. The maximum Gasteiger partial charge on any atom is 0.225 e. The highest BCUT2D eigenvalue weighted by Crippen LogP contribution is 2.24. The molecule has 0 aromatic carbocycles. The van der Waals surface area contributed by atoms with E-state index in [9.17, 15) is 0 Å². The predicted octanol–water partition coefficient (Wildman–Crippen LogP) is 0.478. The lowest BCUT2D eigenvalue weighted by atomic mass is 10.1. The minimum atomic E-state index is 0.379. The average molecular weight is 247 g/mol. The molecule has 1 aliphatic heterocycles. The number of hydrogen-bond donors (Lipinski definition) is 1. The summed E-state index contributed by atoms with van der Waals surface area (Å²) in [6.07, 6.45) is 7.35. The Hall–Kier alpha value is -1.20. The lowest BCUT2D eigenvalue weighted by Crippen LogP contribution is -2.54. The van der Waals surface area contributed by atoms with Crippen LogP contribution in [0, 0.1) is 0 Å². The summed E-state index contributed by atoms with van der Waals surface area (Å²) in [5, 5.41) is 0. The van der Waals surface area contributed by atoms with E-state index in [2.05, 4.69) is 19.8 Å². The highest BCUT2D eigenvalue weighted by atomic mass is 15.3. The molecule has 1 aromatic rings. The van der Waals surface area contributed by atoms with Crippen molar-refractivity contribution < 1.29 is 0 Å². The van der Waals surface area contributed by atoms with Gasteiger partial charge in [0.1, 0.15) is 0 Å². The first-order valence-corrected chi connectivity index (χ1v) is 6.86. The molecule has 1 saturated carbocycles. The summed E-state index contributed by atoms with van der Waals surface area (Å²) in [5.74, 6) is 0.855. The first-order chi connectivity index (χ1) is 8.84. The summed E-state index contributed by atoms with van der Waals surface area (Å²) in [6, 6.07) is 2.84. The molecule has 0 spiro atoms. The highest BCUT2D eigenvalue weighted by molar-refractivity contribution is 5.29. The number of nitrogens with zero attached hydrogens (tertiary/aromatic N) is 4. The maximum absolute atomic E-state index is 6.18. The topological polar surface area (TPSA) is 58.3 Å². The second-order valence-electron chi connectivity index (χ2n) is 5.23. The molecule has 1 aliphatic carbocycles. The fourth-order valence-corrected chi connectivity index (χ4v) is 3.13. The molecule has 0 bridgehead atoms. The van der Waals surface area contributed by atoms with Gasteiger partial charge in [0.15, 0.2) is 0 Å². The smallest absolute Gasteiger partial charge is 0.225 e. The van der Waals surface area contributed by atoms with Gasteiger partial charge in [-0.25, -0.2) is 9.97 Å². The normalized spacial score (nSPS) is 29.7. The first-order valence-electron chi connectivity index (χ1n) is 6.86. The van der Waals surface area contributed by atoms with Crippen LogP contribution in [0.3, 0.4) is 0 Å². The third-order valence-electron chi connectivity index (χ3n) is 4.15. The maximum atomic E-state index is 6.18. The van der Waals surface area contributed by atoms with Gasteiger partial charge in [0.25, 0.3) is 0 Å². The molecule has 98 valence electrons. The number of rotatable bonds is 2. The van der Waals surface area contributed by atoms with Crippen molar-refractivity contribution in [1.29, 1.82) is 0 Å². The van der Waals surface area contributed by atoms with E-state index in [0.717, 1.165) is 32.1 Å². The number of hydrogen-bond acceptors (Lipinski definition) is 5. The van der Waals surface area contributed by atoms with E-state index in [1.165, 1.54) is 19.3 Å². The predicted molar refractivity (Wildman–Crippen MR) is 71.4 cm³/mol. The van der Waals surface area contributed by atoms with E-state index >= 15 is 0 Å². The molecule has 2 heterocycles. The molecule has 3 rings (SSSR count). The van der Waals surface area contributed by atoms with E-state index in [4.69, 9.17) is 5.73 Å². The van der Waals surface area contributed by atoms with Crippen molar-refractivity contribution in [1.82, 2.24) is 14.9 Å². The van der Waals surface area contributed by atoms with E-state index in [-0.39, 0.29) is 0 Å². The summed E-state index contributed by atoms with van der Waals surface area (Å²) in [5.41, 5.74) is 6.18. The molecule has 1 aromatic heterocycles. The zero-order valence-electron chi connectivity index (χ0n) is 10.7. The third-order valence-corrected chi connectivity index (χ3v) is 4.15. The van der Waals surface area contributed by atoms with Crippen molar-refractivity contribution in [2.45, 2.75) is 31.3 Å². The Bertz CT molecular complexity index is 374. The molecular formula is C13H21N5. The quantitative estimate of drug-likeness (QED) is 0.823. The molecule has 5 heteroatoms. The molecule has 0 amide bonds. The van der Waals surface area contributed by atoms with E-state index in [1.54, 1.807) is 0 Å². The van der Waals surface area contributed by atoms with Gasteiger partial charge in [-0.2, -0.15) is 0 Å². The van der Waals surface area contributed by atoms with Crippen LogP contribution in [0.15, 0.2) is 18.5 Å². The van der Waals surface area contributed by atoms with Gasteiger partial charge in [0.05, 0.1) is 0 Å². The third kappa shape index (κ3) is 2.33. The van der Waals surface area contributed by atoms with Gasteiger partial charge in [0.2, 0.25) is 5.95 Å². The van der Waals surface area contributed by atoms with Crippen LogP contribution >= 0.6 is 0 Å². The molecule has 5 nitrogen and oxygen atoms in total. The lowest BCUT2D eigenvalue weighted by Gasteiger charge is -2.39. The average Bonchev–Trinajstić information content (AvgIpc) is 2.86. The Kier molecular flexibility index (Phi) is 3.43. The van der Waals surface area contributed by atoms with Crippen LogP contribution in [0.4, 0.5) is 5.95 Å². The largest absolute Gasteiger partial charge is 0.338 e. The van der Waals surface area contributed by atoms with E-state index < -0.39 is 0 Å². The Morgan fingerprint density at radius 1 is 1.06 bits per heavy atom. The molecule has 2 fully saturated rings. The van der Waals surface area contributed by atoms with Crippen LogP contribution in [-0.2, 0) is 0 Å². The Labute approximate surface area is 108 Å². The van der Waals surface area contributed by atoms with Crippen LogP contribution in [-0.4, -0.2) is 53.1 Å². The molecule has 2 unspecified atom stereocenters. The number of piperazine rings is 1. The SMILES string of the molecule is NC1CCCC1N1CCN(c2ncccn2)CC1. The zero-order valence-corrected chi connectivity index (χ0v) is 10.7. The monoisotopic (exact) mass is 247 g/mol. The van der Waals surface area contributed by atoms with Crippen molar-refractivity contribution in [3.05, 3.63) is 18.5 Å². The summed E-state index contributed by atoms with van der Waals surface area (Å²) in [6.45, 7) is 4.17. The minimum absolute atomic E-state index is 0.379. The van der Waals surface area contributed by atoms with E-state index in [1.807, 2.05) is 18.5 Å². The first kappa shape index (κ1) is 11.9. The van der Waals surface area contributed by atoms with Crippen molar-refractivity contribution in [3.63, 3.8) is 0 Å². The van der Waals surface area contributed by atoms with Crippen LogP contribution in [0.25, 0.3) is 0 Å². The van der Waals surface area contributed by atoms with Gasteiger partial charge in [-0.05, 0) is 18.9 Å². The van der Waals surface area contributed by atoms with Crippen molar-refractivity contribution in [2.24, 2.45) is 5.73 Å². The molecule has 2 aliphatic rings. The standard InChI is InChI=1S/C13H21N5/c14-11-3-1-4-12(11)17-7-9-18(10-8-17)13-15-5-2-6-16-13/h2,5-6,11-12H,1,3-4,7-10,14H2. The molecule has 2 N–H and O–H groups in total. The lowest BCUT2D eigenvalue weighted by molar-refractivity contribution is 0.174. The molecule has 1 saturated heterocycles. The molecular weight excluding hydrogens is 226 g/mol. The van der Waals surface area contributed by atoms with Crippen molar-refractivity contribution >= 4 is 5.95 Å². The summed E-state index contributed by atoms with van der Waals surface area (Å²) >= 11 is 0. The fraction of sp³-hybridized carbons (Fsp3) is 0.692. The van der Waals surface area contributed by atoms with Crippen molar-refractivity contribution in [2.75, 3.05) is 31.1 Å². The van der Waals surface area contributed by atoms with Crippen LogP contribution in [0.2, 0.25) is 0 Å². The summed E-state index contributed by atoms with van der Waals surface area (Å²) < 4.78 is 0. The second-order valence-corrected chi connectivity index (χ2v) is 5.23. The van der Waals surface area contributed by atoms with Crippen LogP contribution < -0.4 is 10.6 Å². The Morgan fingerprint density at radius 3 is 2.39 bits per heavy atom. The zero-order chi connectivity index (χ0) is 12.4. The van der Waals surface area contributed by atoms with Gasteiger partial charge in [-0.3, -0.25) is 4.90 Å². The van der Waals surface area contributed by atoms with Crippen LogP contribution in [0.5, 0.6) is 0 Å². The van der Waals surface area contributed by atoms with E-state index in [0.29, 0.717) is 12.1 Å².